The van der Waals surface area contributed by atoms with Crippen molar-refractivity contribution in [1.82, 2.24) is 5.32 Å². The molecule has 0 aliphatic heterocycles. The number of hydrogen-bond donors (Lipinski definition) is 1. The van der Waals surface area contributed by atoms with Gasteiger partial charge in [-0.05, 0) is 11.1 Å². The van der Waals surface area contributed by atoms with Gasteiger partial charge in [0.05, 0.1) is 20.3 Å². The maximum absolute atomic E-state index is 10.9. The smallest absolute Gasteiger partial charge is 0.319 e. The second kappa shape index (κ2) is 6.98. The lowest BCUT2D eigenvalue weighted by molar-refractivity contribution is -0.139. The molecule has 0 aromatic heterocycles. The van der Waals surface area contributed by atoms with Crippen LogP contribution in [0.25, 0.3) is 0 Å². The Balaban J connectivity index is 2.49. The number of benzene rings is 1. The summed E-state index contributed by atoms with van der Waals surface area (Å²) >= 11 is 0. The fourth-order valence-corrected chi connectivity index (χ4v) is 1.40. The van der Waals surface area contributed by atoms with Crippen LogP contribution in [0.1, 0.15) is 11.1 Å². The fraction of sp³-hybridized carbons (Fsp3) is 0.417. The largest absolute Gasteiger partial charge is 0.468 e. The molecule has 4 heteroatoms. The Kier molecular flexibility index (Phi) is 5.53. The molecule has 0 saturated carbocycles. The highest BCUT2D eigenvalue weighted by atomic mass is 16.5. The predicted octanol–water partition coefficient (Wildman–Crippen LogP) is 1.10. The molecule has 1 aromatic rings. The van der Waals surface area contributed by atoms with Gasteiger partial charge in [-0.3, -0.25) is 4.79 Å². The van der Waals surface area contributed by atoms with E-state index in [9.17, 15) is 4.79 Å². The molecule has 0 radical (unpaired) electrons. The zero-order valence-corrected chi connectivity index (χ0v) is 9.66. The monoisotopic (exact) mass is 223 g/mol. The molecule has 0 fully saturated rings. The molecule has 0 aliphatic carbocycles. The van der Waals surface area contributed by atoms with E-state index in [-0.39, 0.29) is 12.5 Å². The van der Waals surface area contributed by atoms with Gasteiger partial charge in [0.2, 0.25) is 0 Å². The van der Waals surface area contributed by atoms with E-state index in [4.69, 9.17) is 4.74 Å². The summed E-state index contributed by atoms with van der Waals surface area (Å²) in [6.45, 7) is 1.43. The van der Waals surface area contributed by atoms with Crippen LogP contribution in [0.15, 0.2) is 24.3 Å². The molecule has 4 nitrogen and oxygen atoms in total. The van der Waals surface area contributed by atoms with Crippen LogP contribution in [-0.2, 0) is 27.4 Å². The Bertz CT molecular complexity index is 339. The summed E-state index contributed by atoms with van der Waals surface area (Å²) in [7, 11) is 3.04. The van der Waals surface area contributed by atoms with Gasteiger partial charge in [-0.1, -0.05) is 24.3 Å². The van der Waals surface area contributed by atoms with Gasteiger partial charge >= 0.3 is 5.97 Å². The van der Waals surface area contributed by atoms with Crippen molar-refractivity contribution >= 4 is 5.97 Å². The van der Waals surface area contributed by atoms with Gasteiger partial charge in [0.25, 0.3) is 0 Å². The van der Waals surface area contributed by atoms with Crippen LogP contribution in [0.4, 0.5) is 0 Å². The van der Waals surface area contributed by atoms with Gasteiger partial charge < -0.3 is 14.8 Å². The number of hydrogen-bond acceptors (Lipinski definition) is 4. The van der Waals surface area contributed by atoms with E-state index in [0.29, 0.717) is 13.2 Å². The number of esters is 1. The highest BCUT2D eigenvalue weighted by Crippen LogP contribution is 2.09. The molecular weight excluding hydrogens is 206 g/mol. The van der Waals surface area contributed by atoms with E-state index in [2.05, 4.69) is 10.1 Å². The molecule has 0 bridgehead atoms. The lowest BCUT2D eigenvalue weighted by Crippen LogP contribution is -2.23. The van der Waals surface area contributed by atoms with Crippen molar-refractivity contribution in [3.63, 3.8) is 0 Å². The minimum absolute atomic E-state index is 0.220. The summed E-state index contributed by atoms with van der Waals surface area (Å²) < 4.78 is 9.64. The summed E-state index contributed by atoms with van der Waals surface area (Å²) in [6.07, 6.45) is 0. The zero-order valence-electron chi connectivity index (χ0n) is 9.66. The van der Waals surface area contributed by atoms with Gasteiger partial charge in [-0.2, -0.15) is 0 Å². The lowest BCUT2D eigenvalue weighted by atomic mass is 10.1. The lowest BCUT2D eigenvalue weighted by Gasteiger charge is -2.09. The molecule has 0 heterocycles. The van der Waals surface area contributed by atoms with Gasteiger partial charge in [-0.15, -0.1) is 0 Å². The quantitative estimate of drug-likeness (QED) is 0.733. The zero-order chi connectivity index (χ0) is 11.8. The molecule has 1 N–H and O–H groups in total. The molecular formula is C12H17NO3. The van der Waals surface area contributed by atoms with Gasteiger partial charge in [0, 0.05) is 13.7 Å². The van der Waals surface area contributed by atoms with Crippen LogP contribution in [0.3, 0.4) is 0 Å². The summed E-state index contributed by atoms with van der Waals surface area (Å²) in [4.78, 5) is 10.9. The number of rotatable bonds is 6. The highest BCUT2D eigenvalue weighted by Gasteiger charge is 2.03. The minimum Gasteiger partial charge on any atom is -0.468 e. The molecule has 0 saturated heterocycles. The summed E-state index contributed by atoms with van der Waals surface area (Å²) in [5.41, 5.74) is 2.26. The van der Waals surface area contributed by atoms with Crippen molar-refractivity contribution in [1.29, 1.82) is 0 Å². The molecule has 16 heavy (non-hydrogen) atoms. The van der Waals surface area contributed by atoms with Crippen LogP contribution in [0.5, 0.6) is 0 Å². The first-order chi connectivity index (χ1) is 7.77. The van der Waals surface area contributed by atoms with E-state index in [1.807, 2.05) is 24.3 Å². The highest BCUT2D eigenvalue weighted by molar-refractivity contribution is 5.71. The third kappa shape index (κ3) is 4.00. The van der Waals surface area contributed by atoms with Crippen LogP contribution in [-0.4, -0.2) is 26.7 Å². The first-order valence-electron chi connectivity index (χ1n) is 5.11. The molecule has 88 valence electrons. The molecule has 0 atom stereocenters. The molecule has 1 rings (SSSR count). The van der Waals surface area contributed by atoms with Crippen molar-refractivity contribution < 1.29 is 14.3 Å². The maximum atomic E-state index is 10.9. The van der Waals surface area contributed by atoms with Crippen molar-refractivity contribution in [2.75, 3.05) is 20.8 Å². The average molecular weight is 223 g/mol. The van der Waals surface area contributed by atoms with E-state index in [1.54, 1.807) is 7.11 Å². The van der Waals surface area contributed by atoms with Crippen molar-refractivity contribution in [3.05, 3.63) is 35.4 Å². The first-order valence-corrected chi connectivity index (χ1v) is 5.11. The molecule has 1 aromatic carbocycles. The molecule has 0 spiro atoms. The topological polar surface area (TPSA) is 47.6 Å². The molecule has 0 aliphatic rings. The van der Waals surface area contributed by atoms with Crippen LogP contribution in [0, 0.1) is 0 Å². The van der Waals surface area contributed by atoms with E-state index < -0.39 is 0 Å². The van der Waals surface area contributed by atoms with Gasteiger partial charge in [0.15, 0.2) is 0 Å². The predicted molar refractivity (Wildman–Crippen MR) is 60.9 cm³/mol. The van der Waals surface area contributed by atoms with E-state index in [0.717, 1.165) is 11.1 Å². The number of methoxy groups -OCH3 is 2. The Morgan fingerprint density at radius 3 is 2.56 bits per heavy atom. The van der Waals surface area contributed by atoms with E-state index in [1.165, 1.54) is 7.11 Å². The second-order valence-corrected chi connectivity index (χ2v) is 3.38. The van der Waals surface area contributed by atoms with Gasteiger partial charge in [-0.25, -0.2) is 0 Å². The van der Waals surface area contributed by atoms with Crippen LogP contribution in [0.2, 0.25) is 0 Å². The third-order valence-corrected chi connectivity index (χ3v) is 2.23. The number of ether oxygens (including phenoxy) is 2. The van der Waals surface area contributed by atoms with Crippen molar-refractivity contribution in [3.8, 4) is 0 Å². The first kappa shape index (κ1) is 12.7. The SMILES string of the molecule is COCc1ccccc1CNCC(=O)OC. The summed E-state index contributed by atoms with van der Waals surface area (Å²) in [5.74, 6) is -0.260. The second-order valence-electron chi connectivity index (χ2n) is 3.38. The minimum atomic E-state index is -0.260. The summed E-state index contributed by atoms with van der Waals surface area (Å²) in [5, 5.41) is 3.02. The maximum Gasteiger partial charge on any atom is 0.319 e. The Labute approximate surface area is 95.6 Å². The Hall–Kier alpha value is -1.39. The summed E-state index contributed by atoms with van der Waals surface area (Å²) in [6, 6.07) is 7.96. The van der Waals surface area contributed by atoms with Crippen LogP contribution < -0.4 is 5.32 Å². The van der Waals surface area contributed by atoms with Crippen LogP contribution >= 0.6 is 0 Å². The Morgan fingerprint density at radius 1 is 1.25 bits per heavy atom. The molecule has 0 unspecified atom stereocenters. The Morgan fingerprint density at radius 2 is 1.94 bits per heavy atom. The van der Waals surface area contributed by atoms with Crippen molar-refractivity contribution in [2.24, 2.45) is 0 Å². The fourth-order valence-electron chi connectivity index (χ4n) is 1.40. The third-order valence-electron chi connectivity index (χ3n) is 2.23. The van der Waals surface area contributed by atoms with E-state index >= 15 is 0 Å². The normalized spacial score (nSPS) is 10.1. The van der Waals surface area contributed by atoms with Crippen molar-refractivity contribution in [2.45, 2.75) is 13.2 Å². The average Bonchev–Trinajstić information content (AvgIpc) is 2.31. The van der Waals surface area contributed by atoms with Gasteiger partial charge in [0.1, 0.15) is 0 Å². The standard InChI is InChI=1S/C12H17NO3/c1-15-9-11-6-4-3-5-10(11)7-13-8-12(14)16-2/h3-6,13H,7-9H2,1-2H3. The number of nitrogens with one attached hydrogen (secondary N) is 1. The number of carbonyl (C=O) groups is 1. The molecule has 0 amide bonds. The number of carbonyl (C=O) groups excluding carboxylic acids is 1.